The molecule has 0 aromatic carbocycles. The number of nitrogens with two attached hydrogens (primary N) is 2. The van der Waals surface area contributed by atoms with Crippen molar-refractivity contribution < 1.29 is 4.74 Å². The monoisotopic (exact) mass is 264 g/mol. The normalized spacial score (nSPS) is 17.3. The molecule has 0 amide bonds. The topological polar surface area (TPSA) is 87.0 Å². The van der Waals surface area contributed by atoms with E-state index in [0.717, 1.165) is 42.7 Å². The third kappa shape index (κ3) is 2.26. The van der Waals surface area contributed by atoms with Gasteiger partial charge in [0, 0.05) is 18.1 Å². The second-order valence-corrected chi connectivity index (χ2v) is 5.79. The van der Waals surface area contributed by atoms with Gasteiger partial charge in [0.05, 0.1) is 10.2 Å². The predicted molar refractivity (Wildman–Crippen MR) is 73.5 cm³/mol. The van der Waals surface area contributed by atoms with Crippen molar-refractivity contribution in [3.05, 3.63) is 10.9 Å². The maximum atomic E-state index is 5.86. The molecule has 0 atom stereocenters. The fourth-order valence-corrected chi connectivity index (χ4v) is 3.47. The van der Waals surface area contributed by atoms with Crippen molar-refractivity contribution in [2.75, 3.05) is 24.7 Å². The van der Waals surface area contributed by atoms with E-state index in [1.54, 1.807) is 11.3 Å². The van der Waals surface area contributed by atoms with Gasteiger partial charge < -0.3 is 16.2 Å². The maximum absolute atomic E-state index is 5.86. The van der Waals surface area contributed by atoms with Crippen molar-refractivity contribution >= 4 is 33.3 Å². The molecule has 4 N–H and O–H groups in total. The zero-order valence-electron chi connectivity index (χ0n) is 10.1. The van der Waals surface area contributed by atoms with E-state index in [2.05, 4.69) is 16.0 Å². The van der Waals surface area contributed by atoms with Crippen LogP contribution in [0.15, 0.2) is 6.07 Å². The zero-order chi connectivity index (χ0) is 12.5. The minimum Gasteiger partial charge on any atom is -0.382 e. The summed E-state index contributed by atoms with van der Waals surface area (Å²) in [6.07, 6.45) is 3.35. The van der Waals surface area contributed by atoms with Crippen molar-refractivity contribution in [1.29, 1.82) is 0 Å². The molecule has 1 aliphatic heterocycles. The lowest BCUT2D eigenvalue weighted by atomic mass is 9.96. The Kier molecular flexibility index (Phi) is 3.05. The molecule has 2 aromatic rings. The molecule has 1 fully saturated rings. The Morgan fingerprint density at radius 3 is 2.83 bits per heavy atom. The van der Waals surface area contributed by atoms with Crippen LogP contribution in [-0.4, -0.2) is 23.2 Å². The molecular weight excluding hydrogens is 248 g/mol. The molecule has 96 valence electrons. The molecule has 6 heteroatoms. The second kappa shape index (κ2) is 4.70. The SMILES string of the molecule is Nc1nc(N)c2sc(CC3CCOCC3)cc2n1. The van der Waals surface area contributed by atoms with Crippen LogP contribution in [0.3, 0.4) is 0 Å². The molecule has 0 spiro atoms. The largest absolute Gasteiger partial charge is 0.382 e. The lowest BCUT2D eigenvalue weighted by Gasteiger charge is -2.21. The highest BCUT2D eigenvalue weighted by atomic mass is 32.1. The van der Waals surface area contributed by atoms with Gasteiger partial charge >= 0.3 is 0 Å². The van der Waals surface area contributed by atoms with Gasteiger partial charge in [-0.2, -0.15) is 4.98 Å². The van der Waals surface area contributed by atoms with Crippen LogP contribution in [0.4, 0.5) is 11.8 Å². The smallest absolute Gasteiger partial charge is 0.222 e. The van der Waals surface area contributed by atoms with Gasteiger partial charge in [-0.25, -0.2) is 4.98 Å². The Morgan fingerprint density at radius 2 is 2.06 bits per heavy atom. The lowest BCUT2D eigenvalue weighted by Crippen LogP contribution is -2.17. The average Bonchev–Trinajstić information content (AvgIpc) is 2.73. The average molecular weight is 264 g/mol. The Hall–Kier alpha value is -1.40. The van der Waals surface area contributed by atoms with E-state index in [4.69, 9.17) is 16.2 Å². The first kappa shape index (κ1) is 11.7. The van der Waals surface area contributed by atoms with Gasteiger partial charge in [-0.1, -0.05) is 0 Å². The van der Waals surface area contributed by atoms with Gasteiger partial charge in [0.1, 0.15) is 5.82 Å². The van der Waals surface area contributed by atoms with Crippen molar-refractivity contribution in [3.8, 4) is 0 Å². The van der Waals surface area contributed by atoms with E-state index in [9.17, 15) is 0 Å². The molecule has 1 saturated heterocycles. The first-order valence-corrected chi connectivity index (χ1v) is 6.93. The third-order valence-electron chi connectivity index (χ3n) is 3.30. The summed E-state index contributed by atoms with van der Waals surface area (Å²) in [6, 6.07) is 2.09. The summed E-state index contributed by atoms with van der Waals surface area (Å²) in [7, 11) is 0. The molecule has 1 aliphatic rings. The Labute approximate surface area is 109 Å². The van der Waals surface area contributed by atoms with Crippen molar-refractivity contribution in [2.24, 2.45) is 5.92 Å². The number of thiophene rings is 1. The van der Waals surface area contributed by atoms with Crippen LogP contribution in [0.25, 0.3) is 10.2 Å². The number of rotatable bonds is 2. The lowest BCUT2D eigenvalue weighted by molar-refractivity contribution is 0.0667. The predicted octanol–water partition coefficient (Wildman–Crippen LogP) is 1.82. The molecule has 0 bridgehead atoms. The van der Waals surface area contributed by atoms with E-state index in [1.807, 2.05) is 0 Å². The van der Waals surface area contributed by atoms with Gasteiger partial charge in [-0.05, 0) is 31.2 Å². The Morgan fingerprint density at radius 1 is 1.28 bits per heavy atom. The number of anilines is 2. The Bertz CT molecular complexity index is 562. The summed E-state index contributed by atoms with van der Waals surface area (Å²) in [5.41, 5.74) is 12.3. The van der Waals surface area contributed by atoms with Crippen molar-refractivity contribution in [2.45, 2.75) is 19.3 Å². The molecule has 18 heavy (non-hydrogen) atoms. The standard InChI is InChI=1S/C12H16N4OS/c13-11-10-9(15-12(14)16-11)6-8(18-10)5-7-1-3-17-4-2-7/h6-7H,1-5H2,(H4,13,14,15,16). The number of aromatic nitrogens is 2. The number of nitrogens with zero attached hydrogens (tertiary/aromatic N) is 2. The summed E-state index contributed by atoms with van der Waals surface area (Å²) in [6.45, 7) is 1.76. The summed E-state index contributed by atoms with van der Waals surface area (Å²) >= 11 is 1.68. The molecule has 0 unspecified atom stereocenters. The van der Waals surface area contributed by atoms with E-state index in [1.165, 1.54) is 4.88 Å². The van der Waals surface area contributed by atoms with Gasteiger partial charge in [0.15, 0.2) is 0 Å². The molecule has 3 heterocycles. The highest BCUT2D eigenvalue weighted by Crippen LogP contribution is 2.31. The molecule has 5 nitrogen and oxygen atoms in total. The van der Waals surface area contributed by atoms with Crippen LogP contribution in [0.2, 0.25) is 0 Å². The highest BCUT2D eigenvalue weighted by Gasteiger charge is 2.16. The van der Waals surface area contributed by atoms with E-state index in [0.29, 0.717) is 11.7 Å². The van der Waals surface area contributed by atoms with Crippen LogP contribution < -0.4 is 11.5 Å². The van der Waals surface area contributed by atoms with Gasteiger partial charge in [-0.3, -0.25) is 0 Å². The Balaban J connectivity index is 1.86. The third-order valence-corrected chi connectivity index (χ3v) is 4.47. The summed E-state index contributed by atoms with van der Waals surface area (Å²) < 4.78 is 6.33. The summed E-state index contributed by atoms with van der Waals surface area (Å²) in [5, 5.41) is 0. The molecule has 0 aliphatic carbocycles. The van der Waals surface area contributed by atoms with Crippen LogP contribution in [0.5, 0.6) is 0 Å². The van der Waals surface area contributed by atoms with Crippen molar-refractivity contribution in [1.82, 2.24) is 9.97 Å². The van der Waals surface area contributed by atoms with E-state index >= 15 is 0 Å². The first-order chi connectivity index (χ1) is 8.72. The van der Waals surface area contributed by atoms with Crippen molar-refractivity contribution in [3.63, 3.8) is 0 Å². The molecule has 2 aromatic heterocycles. The number of fused-ring (bicyclic) bond motifs is 1. The second-order valence-electron chi connectivity index (χ2n) is 4.65. The molecular formula is C12H16N4OS. The zero-order valence-corrected chi connectivity index (χ0v) is 10.9. The summed E-state index contributed by atoms with van der Waals surface area (Å²) in [5.74, 6) is 1.44. The van der Waals surface area contributed by atoms with E-state index < -0.39 is 0 Å². The quantitative estimate of drug-likeness (QED) is 0.864. The number of hydrogen-bond donors (Lipinski definition) is 2. The summed E-state index contributed by atoms with van der Waals surface area (Å²) in [4.78, 5) is 9.53. The highest BCUT2D eigenvalue weighted by molar-refractivity contribution is 7.19. The minimum absolute atomic E-state index is 0.246. The van der Waals surface area contributed by atoms with Crippen LogP contribution in [0.1, 0.15) is 17.7 Å². The number of nitrogen functional groups attached to an aromatic ring is 2. The number of hydrogen-bond acceptors (Lipinski definition) is 6. The fraction of sp³-hybridized carbons (Fsp3) is 0.500. The van der Waals surface area contributed by atoms with Crippen LogP contribution in [0, 0.1) is 5.92 Å². The number of ether oxygens (including phenoxy) is 1. The van der Waals surface area contributed by atoms with Gasteiger partial charge in [0.2, 0.25) is 5.95 Å². The van der Waals surface area contributed by atoms with E-state index in [-0.39, 0.29) is 5.95 Å². The molecule has 3 rings (SSSR count). The van der Waals surface area contributed by atoms with Gasteiger partial charge in [0.25, 0.3) is 0 Å². The van der Waals surface area contributed by atoms with Crippen LogP contribution >= 0.6 is 11.3 Å². The molecule has 0 saturated carbocycles. The maximum Gasteiger partial charge on any atom is 0.222 e. The fourth-order valence-electron chi connectivity index (χ4n) is 2.36. The first-order valence-electron chi connectivity index (χ1n) is 6.11. The van der Waals surface area contributed by atoms with Gasteiger partial charge in [-0.15, -0.1) is 11.3 Å². The molecule has 0 radical (unpaired) electrons. The van der Waals surface area contributed by atoms with Crippen LogP contribution in [-0.2, 0) is 11.2 Å². The minimum atomic E-state index is 0.246.